The number of rotatable bonds is 11. The molecule has 19 heavy (non-hydrogen) atoms. The summed E-state index contributed by atoms with van der Waals surface area (Å²) in [6.07, 6.45) is 8.09. The maximum atomic E-state index is 3.74. The molecule has 0 saturated heterocycles. The van der Waals surface area contributed by atoms with Crippen molar-refractivity contribution in [1.29, 1.82) is 0 Å². The van der Waals surface area contributed by atoms with Gasteiger partial charge in [-0.15, -0.1) is 0 Å². The van der Waals surface area contributed by atoms with Crippen LogP contribution < -0.4 is 5.32 Å². The Morgan fingerprint density at radius 3 is 2.21 bits per heavy atom. The summed E-state index contributed by atoms with van der Waals surface area (Å²) in [5, 5.41) is 3.74. The Hall–Kier alpha value is -0.0800. The van der Waals surface area contributed by atoms with Gasteiger partial charge in [-0.05, 0) is 51.1 Å². The smallest absolute Gasteiger partial charge is 0.0249 e. The molecule has 0 aromatic heterocycles. The van der Waals surface area contributed by atoms with Gasteiger partial charge in [0.25, 0.3) is 0 Å². The summed E-state index contributed by atoms with van der Waals surface area (Å²) in [5.41, 5.74) is 0. The van der Waals surface area contributed by atoms with E-state index in [0.717, 1.165) is 24.5 Å². The Labute approximate surface area is 121 Å². The molecule has 0 radical (unpaired) electrons. The Balaban J connectivity index is 2.64. The average Bonchev–Trinajstić information content (AvgIpc) is 3.18. The molecule has 114 valence electrons. The second-order valence-electron chi connectivity index (χ2n) is 6.58. The van der Waals surface area contributed by atoms with Gasteiger partial charge >= 0.3 is 0 Å². The minimum absolute atomic E-state index is 0.688. The van der Waals surface area contributed by atoms with E-state index in [1.807, 2.05) is 0 Å². The molecular formula is C17H36N2. The second kappa shape index (κ2) is 8.97. The maximum absolute atomic E-state index is 3.74. The predicted octanol–water partition coefficient (Wildman–Crippen LogP) is 4.05. The van der Waals surface area contributed by atoms with Crippen LogP contribution in [0.3, 0.4) is 0 Å². The fraction of sp³-hybridized carbons (Fsp3) is 1.00. The molecule has 1 rings (SSSR count). The highest BCUT2D eigenvalue weighted by molar-refractivity contribution is 4.93. The fourth-order valence-corrected chi connectivity index (χ4v) is 3.19. The molecule has 0 aromatic carbocycles. The van der Waals surface area contributed by atoms with Crippen LogP contribution in [0.4, 0.5) is 0 Å². The largest absolute Gasteiger partial charge is 0.313 e. The number of hydrogen-bond donors (Lipinski definition) is 1. The van der Waals surface area contributed by atoms with Crippen molar-refractivity contribution < 1.29 is 0 Å². The fourth-order valence-electron chi connectivity index (χ4n) is 3.19. The summed E-state index contributed by atoms with van der Waals surface area (Å²) >= 11 is 0. The maximum Gasteiger partial charge on any atom is 0.0249 e. The van der Waals surface area contributed by atoms with Gasteiger partial charge in [0.1, 0.15) is 0 Å². The van der Waals surface area contributed by atoms with Crippen molar-refractivity contribution in [3.05, 3.63) is 0 Å². The molecule has 1 aliphatic carbocycles. The van der Waals surface area contributed by atoms with Crippen molar-refractivity contribution >= 4 is 0 Å². The van der Waals surface area contributed by atoms with Gasteiger partial charge in [0, 0.05) is 18.1 Å². The lowest BCUT2D eigenvalue weighted by molar-refractivity contribution is 0.131. The van der Waals surface area contributed by atoms with Crippen LogP contribution in [0.5, 0.6) is 0 Å². The lowest BCUT2D eigenvalue weighted by atomic mass is 9.97. The third-order valence-corrected chi connectivity index (χ3v) is 4.36. The summed E-state index contributed by atoms with van der Waals surface area (Å²) in [4.78, 5) is 2.84. The molecule has 1 saturated carbocycles. The SMILES string of the molecule is CCCC(NCC)C(CC)N(CCC(C)C)C1CC1. The summed E-state index contributed by atoms with van der Waals surface area (Å²) in [6.45, 7) is 14.0. The van der Waals surface area contributed by atoms with Crippen LogP contribution in [0.1, 0.15) is 73.1 Å². The number of likely N-dealkylation sites (N-methyl/N-ethyl adjacent to an activating group) is 1. The molecule has 1 fully saturated rings. The molecule has 1 aliphatic rings. The Morgan fingerprint density at radius 2 is 1.79 bits per heavy atom. The van der Waals surface area contributed by atoms with Crippen LogP contribution in [0.2, 0.25) is 0 Å². The van der Waals surface area contributed by atoms with Gasteiger partial charge in [-0.1, -0.05) is 41.0 Å². The van der Waals surface area contributed by atoms with Crippen molar-refractivity contribution in [2.24, 2.45) is 5.92 Å². The van der Waals surface area contributed by atoms with E-state index < -0.39 is 0 Å². The third-order valence-electron chi connectivity index (χ3n) is 4.36. The molecule has 0 heterocycles. The van der Waals surface area contributed by atoms with Crippen molar-refractivity contribution in [2.75, 3.05) is 13.1 Å². The molecule has 0 amide bonds. The first-order valence-electron chi connectivity index (χ1n) is 8.63. The van der Waals surface area contributed by atoms with E-state index in [4.69, 9.17) is 0 Å². The molecule has 2 unspecified atom stereocenters. The molecule has 0 spiro atoms. The van der Waals surface area contributed by atoms with Gasteiger partial charge < -0.3 is 5.32 Å². The van der Waals surface area contributed by atoms with E-state index in [9.17, 15) is 0 Å². The summed E-state index contributed by atoms with van der Waals surface area (Å²) in [7, 11) is 0. The standard InChI is InChI=1S/C17H36N2/c1-6-9-16(18-8-3)17(7-2)19(15-10-11-15)13-12-14(4)5/h14-18H,6-13H2,1-5H3. The monoisotopic (exact) mass is 268 g/mol. The minimum atomic E-state index is 0.688. The second-order valence-corrected chi connectivity index (χ2v) is 6.58. The van der Waals surface area contributed by atoms with Gasteiger partial charge in [-0.2, -0.15) is 0 Å². The number of nitrogens with zero attached hydrogens (tertiary/aromatic N) is 1. The summed E-state index contributed by atoms with van der Waals surface area (Å²) in [5.74, 6) is 0.822. The molecule has 1 N–H and O–H groups in total. The van der Waals surface area contributed by atoms with Crippen LogP contribution >= 0.6 is 0 Å². The quantitative estimate of drug-likeness (QED) is 0.608. The van der Waals surface area contributed by atoms with E-state index in [1.54, 1.807) is 0 Å². The van der Waals surface area contributed by atoms with E-state index in [1.165, 1.54) is 45.1 Å². The highest BCUT2D eigenvalue weighted by Gasteiger charge is 2.35. The predicted molar refractivity (Wildman–Crippen MR) is 85.6 cm³/mol. The normalized spacial score (nSPS) is 19.1. The van der Waals surface area contributed by atoms with Crippen molar-refractivity contribution in [3.8, 4) is 0 Å². The van der Waals surface area contributed by atoms with Gasteiger partial charge in [-0.3, -0.25) is 4.90 Å². The van der Waals surface area contributed by atoms with Crippen LogP contribution in [-0.2, 0) is 0 Å². The molecular weight excluding hydrogens is 232 g/mol. The van der Waals surface area contributed by atoms with Crippen LogP contribution in [0, 0.1) is 5.92 Å². The molecule has 2 heteroatoms. The van der Waals surface area contributed by atoms with Crippen LogP contribution in [0.25, 0.3) is 0 Å². The third kappa shape index (κ3) is 5.83. The van der Waals surface area contributed by atoms with Crippen molar-refractivity contribution in [2.45, 2.75) is 91.3 Å². The zero-order valence-corrected chi connectivity index (χ0v) is 13.9. The van der Waals surface area contributed by atoms with Gasteiger partial charge in [0.15, 0.2) is 0 Å². The zero-order valence-electron chi connectivity index (χ0n) is 13.9. The lowest BCUT2D eigenvalue weighted by Gasteiger charge is -2.38. The first kappa shape index (κ1) is 17.0. The van der Waals surface area contributed by atoms with Gasteiger partial charge in [0.05, 0.1) is 0 Å². The molecule has 0 bridgehead atoms. The van der Waals surface area contributed by atoms with Crippen LogP contribution in [-0.4, -0.2) is 36.1 Å². The zero-order chi connectivity index (χ0) is 14.3. The van der Waals surface area contributed by atoms with E-state index in [-0.39, 0.29) is 0 Å². The van der Waals surface area contributed by atoms with Gasteiger partial charge in [0.2, 0.25) is 0 Å². The van der Waals surface area contributed by atoms with Gasteiger partial charge in [-0.25, -0.2) is 0 Å². The highest BCUT2D eigenvalue weighted by Crippen LogP contribution is 2.31. The van der Waals surface area contributed by atoms with E-state index in [0.29, 0.717) is 6.04 Å². The summed E-state index contributed by atoms with van der Waals surface area (Å²) < 4.78 is 0. The Bertz CT molecular complexity index is 217. The average molecular weight is 268 g/mol. The lowest BCUT2D eigenvalue weighted by Crippen LogP contribution is -2.51. The Morgan fingerprint density at radius 1 is 1.11 bits per heavy atom. The molecule has 0 aromatic rings. The first-order valence-corrected chi connectivity index (χ1v) is 8.63. The molecule has 2 atom stereocenters. The minimum Gasteiger partial charge on any atom is -0.313 e. The van der Waals surface area contributed by atoms with E-state index >= 15 is 0 Å². The van der Waals surface area contributed by atoms with Crippen molar-refractivity contribution in [1.82, 2.24) is 10.2 Å². The molecule has 2 nitrogen and oxygen atoms in total. The van der Waals surface area contributed by atoms with Crippen LogP contribution in [0.15, 0.2) is 0 Å². The Kier molecular flexibility index (Phi) is 8.01. The van der Waals surface area contributed by atoms with Crippen molar-refractivity contribution in [3.63, 3.8) is 0 Å². The topological polar surface area (TPSA) is 15.3 Å². The number of nitrogens with one attached hydrogen (secondary N) is 1. The van der Waals surface area contributed by atoms with E-state index in [2.05, 4.69) is 44.8 Å². The highest BCUT2D eigenvalue weighted by atomic mass is 15.2. The first-order chi connectivity index (χ1) is 9.13. The molecule has 0 aliphatic heterocycles. The number of hydrogen-bond acceptors (Lipinski definition) is 2. The summed E-state index contributed by atoms with van der Waals surface area (Å²) in [6, 6.07) is 2.32.